The molecule has 0 amide bonds. The van der Waals surface area contributed by atoms with Crippen LogP contribution in [0.1, 0.15) is 6.92 Å². The largest absolute Gasteiger partial charge is 0.467 e. The normalized spacial score (nSPS) is 32.9. The molecular formula is C7H10O4S2. The average molecular weight is 222 g/mol. The van der Waals surface area contributed by atoms with E-state index in [4.69, 9.17) is 0 Å². The lowest BCUT2D eigenvalue weighted by atomic mass is 10.3. The molecule has 0 bridgehead atoms. The highest BCUT2D eigenvalue weighted by atomic mass is 32.2. The van der Waals surface area contributed by atoms with E-state index in [0.29, 0.717) is 11.5 Å². The van der Waals surface area contributed by atoms with Gasteiger partial charge in [-0.1, -0.05) is 0 Å². The van der Waals surface area contributed by atoms with Gasteiger partial charge in [-0.3, -0.25) is 9.00 Å². The van der Waals surface area contributed by atoms with E-state index >= 15 is 0 Å². The van der Waals surface area contributed by atoms with E-state index in [1.165, 1.54) is 14.0 Å². The first-order valence-electron chi connectivity index (χ1n) is 3.67. The molecule has 0 aromatic heterocycles. The Kier molecular flexibility index (Phi) is 3.13. The first-order chi connectivity index (χ1) is 6.05. The molecule has 1 saturated heterocycles. The summed E-state index contributed by atoms with van der Waals surface area (Å²) in [5, 5.41) is 0. The van der Waals surface area contributed by atoms with E-state index in [1.54, 1.807) is 0 Å². The van der Waals surface area contributed by atoms with Crippen molar-refractivity contribution >= 4 is 34.3 Å². The number of carbonyl (C=O) groups excluding carboxylic acids is 2. The molecule has 0 aliphatic carbocycles. The molecule has 4 nitrogen and oxygen atoms in total. The lowest BCUT2D eigenvalue weighted by Gasteiger charge is -2.19. The first-order valence-corrected chi connectivity index (χ1v) is 5.98. The summed E-state index contributed by atoms with van der Waals surface area (Å²) < 4.78 is 14.6. The van der Waals surface area contributed by atoms with Crippen LogP contribution in [-0.4, -0.2) is 38.7 Å². The van der Waals surface area contributed by atoms with Crippen LogP contribution in [0.5, 0.6) is 0 Å². The molecule has 1 aliphatic heterocycles. The molecule has 1 rings (SSSR count). The highest BCUT2D eigenvalue weighted by molar-refractivity contribution is 8.17. The SMILES string of the molecule is COC(=O)C1(C(C)=O)SCCS1=O. The van der Waals surface area contributed by atoms with Gasteiger partial charge in [0, 0.05) is 11.5 Å². The Hall–Kier alpha value is -0.360. The number of carbonyl (C=O) groups is 2. The van der Waals surface area contributed by atoms with Crippen LogP contribution in [0.4, 0.5) is 0 Å². The summed E-state index contributed by atoms with van der Waals surface area (Å²) in [6.45, 7) is 1.27. The second-order valence-electron chi connectivity index (χ2n) is 2.56. The Bertz CT molecular complexity index is 276. The van der Waals surface area contributed by atoms with Crippen LogP contribution >= 0.6 is 11.8 Å². The number of Topliss-reactive ketones (excluding diaryl/α,β-unsaturated/α-hetero) is 1. The second kappa shape index (κ2) is 3.79. The van der Waals surface area contributed by atoms with Gasteiger partial charge >= 0.3 is 5.97 Å². The number of thioether (sulfide) groups is 1. The van der Waals surface area contributed by atoms with Crippen molar-refractivity contribution in [2.75, 3.05) is 18.6 Å². The molecule has 2 atom stereocenters. The van der Waals surface area contributed by atoms with Crippen LogP contribution in [0, 0.1) is 0 Å². The van der Waals surface area contributed by atoms with Crippen molar-refractivity contribution in [3.05, 3.63) is 0 Å². The van der Waals surface area contributed by atoms with Gasteiger partial charge in [-0.2, -0.15) is 0 Å². The third kappa shape index (κ3) is 1.52. The fraction of sp³-hybridized carbons (Fsp3) is 0.714. The van der Waals surface area contributed by atoms with Crippen molar-refractivity contribution in [3.63, 3.8) is 0 Å². The number of methoxy groups -OCH3 is 1. The molecule has 0 aromatic carbocycles. The van der Waals surface area contributed by atoms with Crippen LogP contribution in [0.3, 0.4) is 0 Å². The monoisotopic (exact) mass is 222 g/mol. The van der Waals surface area contributed by atoms with E-state index in [2.05, 4.69) is 4.74 Å². The Labute approximate surface area is 82.9 Å². The third-order valence-electron chi connectivity index (χ3n) is 1.81. The van der Waals surface area contributed by atoms with Crippen molar-refractivity contribution < 1.29 is 18.5 Å². The predicted octanol–water partition coefficient (Wildman–Crippen LogP) is -0.0598. The van der Waals surface area contributed by atoms with Crippen LogP contribution in [0.2, 0.25) is 0 Å². The molecule has 0 N–H and O–H groups in total. The average Bonchev–Trinajstić information content (AvgIpc) is 2.47. The van der Waals surface area contributed by atoms with Crippen molar-refractivity contribution in [1.29, 1.82) is 0 Å². The molecule has 0 spiro atoms. The molecule has 0 radical (unpaired) electrons. The predicted molar refractivity (Wildman–Crippen MR) is 50.9 cm³/mol. The van der Waals surface area contributed by atoms with Crippen LogP contribution in [0.25, 0.3) is 0 Å². The fourth-order valence-corrected chi connectivity index (χ4v) is 4.70. The van der Waals surface area contributed by atoms with Crippen LogP contribution < -0.4 is 0 Å². The lowest BCUT2D eigenvalue weighted by molar-refractivity contribution is -0.143. The van der Waals surface area contributed by atoms with Crippen molar-refractivity contribution in [1.82, 2.24) is 0 Å². The van der Waals surface area contributed by atoms with Crippen molar-refractivity contribution in [3.8, 4) is 0 Å². The Morgan fingerprint density at radius 2 is 2.15 bits per heavy atom. The van der Waals surface area contributed by atoms with E-state index in [0.717, 1.165) is 11.8 Å². The summed E-state index contributed by atoms with van der Waals surface area (Å²) in [5.41, 5.74) is 0. The number of rotatable bonds is 2. The summed E-state index contributed by atoms with van der Waals surface area (Å²) in [7, 11) is -0.243. The lowest BCUT2D eigenvalue weighted by Crippen LogP contribution is -2.44. The Balaban J connectivity index is 3.08. The molecule has 13 heavy (non-hydrogen) atoms. The van der Waals surface area contributed by atoms with Crippen molar-refractivity contribution in [2.45, 2.75) is 11.0 Å². The molecule has 0 saturated carbocycles. The van der Waals surface area contributed by atoms with Gasteiger partial charge in [0.2, 0.25) is 4.08 Å². The minimum atomic E-state index is -1.45. The topological polar surface area (TPSA) is 60.4 Å². The van der Waals surface area contributed by atoms with Gasteiger partial charge in [0.15, 0.2) is 5.78 Å². The number of hydrogen-bond donors (Lipinski definition) is 0. The van der Waals surface area contributed by atoms with Gasteiger partial charge < -0.3 is 4.74 Å². The van der Waals surface area contributed by atoms with Gasteiger partial charge in [0.05, 0.1) is 17.9 Å². The maximum Gasteiger partial charge on any atom is 0.342 e. The fourth-order valence-electron chi connectivity index (χ4n) is 1.16. The minimum Gasteiger partial charge on any atom is -0.467 e. The zero-order chi connectivity index (χ0) is 10.1. The number of ether oxygens (including phenoxy) is 1. The molecule has 2 unspecified atom stereocenters. The van der Waals surface area contributed by atoms with E-state index in [1.807, 2.05) is 0 Å². The van der Waals surface area contributed by atoms with Gasteiger partial charge in [-0.15, -0.1) is 11.8 Å². The zero-order valence-corrected chi connectivity index (χ0v) is 9.00. The van der Waals surface area contributed by atoms with Crippen LogP contribution in [0.15, 0.2) is 0 Å². The van der Waals surface area contributed by atoms with Crippen LogP contribution in [-0.2, 0) is 25.1 Å². The smallest absolute Gasteiger partial charge is 0.342 e. The zero-order valence-electron chi connectivity index (χ0n) is 7.36. The molecule has 1 fully saturated rings. The first kappa shape index (κ1) is 10.7. The minimum absolute atomic E-state index is 0.374. The standard InChI is InChI=1S/C7H10O4S2/c1-5(8)7(6(9)11-2)12-3-4-13(7)10/h3-4H2,1-2H3. The Morgan fingerprint density at radius 1 is 1.54 bits per heavy atom. The quantitative estimate of drug-likeness (QED) is 0.484. The molecule has 1 heterocycles. The molecule has 74 valence electrons. The third-order valence-corrected chi connectivity index (χ3v) is 5.92. The summed E-state index contributed by atoms with van der Waals surface area (Å²) in [5.74, 6) is -0.151. The van der Waals surface area contributed by atoms with Gasteiger partial charge in [-0.25, -0.2) is 4.79 Å². The van der Waals surface area contributed by atoms with Gasteiger partial charge in [-0.05, 0) is 6.92 Å². The van der Waals surface area contributed by atoms with Gasteiger partial charge in [0.25, 0.3) is 0 Å². The van der Waals surface area contributed by atoms with E-state index < -0.39 is 20.8 Å². The van der Waals surface area contributed by atoms with E-state index in [-0.39, 0.29) is 5.78 Å². The number of ketones is 1. The summed E-state index contributed by atoms with van der Waals surface area (Å²) in [6, 6.07) is 0. The molecule has 6 heteroatoms. The summed E-state index contributed by atoms with van der Waals surface area (Å²) >= 11 is 1.11. The highest BCUT2D eigenvalue weighted by Gasteiger charge is 2.54. The highest BCUT2D eigenvalue weighted by Crippen LogP contribution is 2.37. The van der Waals surface area contributed by atoms with Gasteiger partial charge in [0.1, 0.15) is 0 Å². The molecule has 1 aliphatic rings. The number of esters is 1. The molecule has 0 aromatic rings. The Morgan fingerprint density at radius 3 is 2.46 bits per heavy atom. The number of hydrogen-bond acceptors (Lipinski definition) is 5. The molecular weight excluding hydrogens is 212 g/mol. The summed E-state index contributed by atoms with van der Waals surface area (Å²) in [4.78, 5) is 22.6. The maximum absolute atomic E-state index is 11.5. The summed E-state index contributed by atoms with van der Waals surface area (Å²) in [6.07, 6.45) is 0. The van der Waals surface area contributed by atoms with E-state index in [9.17, 15) is 13.8 Å². The van der Waals surface area contributed by atoms with Crippen molar-refractivity contribution in [2.24, 2.45) is 0 Å². The second-order valence-corrected chi connectivity index (χ2v) is 5.84. The maximum atomic E-state index is 11.5.